The van der Waals surface area contributed by atoms with Crippen molar-refractivity contribution in [2.75, 3.05) is 13.1 Å². The molecule has 1 aromatic rings. The molecule has 0 amide bonds. The minimum Gasteiger partial charge on any atom is -0.308 e. The Kier molecular flexibility index (Phi) is 5.39. The molecule has 2 heterocycles. The van der Waals surface area contributed by atoms with E-state index in [9.17, 15) is 0 Å². The van der Waals surface area contributed by atoms with Gasteiger partial charge in [-0.15, -0.1) is 0 Å². The van der Waals surface area contributed by atoms with Gasteiger partial charge in [0.15, 0.2) is 0 Å². The molecule has 1 N–H and O–H groups in total. The molecular formula is C18H31N3. The molecule has 0 aromatic carbocycles. The van der Waals surface area contributed by atoms with E-state index < -0.39 is 0 Å². The van der Waals surface area contributed by atoms with Crippen LogP contribution < -0.4 is 5.32 Å². The van der Waals surface area contributed by atoms with Gasteiger partial charge in [0.1, 0.15) is 0 Å². The summed E-state index contributed by atoms with van der Waals surface area (Å²) in [5.41, 5.74) is 2.60. The number of nitrogens with one attached hydrogen (secondary N) is 1. The summed E-state index contributed by atoms with van der Waals surface area (Å²) >= 11 is 0. The third kappa shape index (κ3) is 5.76. The van der Waals surface area contributed by atoms with E-state index in [1.165, 1.54) is 30.8 Å². The van der Waals surface area contributed by atoms with E-state index in [0.717, 1.165) is 24.9 Å². The smallest absolute Gasteiger partial charge is 0.0544 e. The molecule has 1 aromatic heterocycles. The first-order valence-corrected chi connectivity index (χ1v) is 8.23. The molecule has 0 radical (unpaired) electrons. The summed E-state index contributed by atoms with van der Waals surface area (Å²) in [5.74, 6) is 1.62. The van der Waals surface area contributed by atoms with Crippen molar-refractivity contribution < 1.29 is 0 Å². The Morgan fingerprint density at radius 3 is 2.38 bits per heavy atom. The molecule has 1 aliphatic heterocycles. The molecule has 1 saturated heterocycles. The van der Waals surface area contributed by atoms with Crippen molar-refractivity contribution in [1.29, 1.82) is 0 Å². The number of rotatable bonds is 4. The fourth-order valence-corrected chi connectivity index (χ4v) is 3.17. The predicted molar refractivity (Wildman–Crippen MR) is 89.1 cm³/mol. The molecule has 1 fully saturated rings. The monoisotopic (exact) mass is 289 g/mol. The third-order valence-electron chi connectivity index (χ3n) is 4.04. The first kappa shape index (κ1) is 16.4. The largest absolute Gasteiger partial charge is 0.308 e. The number of nitrogens with zero attached hydrogens (tertiary/aromatic N) is 2. The van der Waals surface area contributed by atoms with E-state index in [-0.39, 0.29) is 5.54 Å². The van der Waals surface area contributed by atoms with Gasteiger partial charge in [-0.05, 0) is 50.7 Å². The quantitative estimate of drug-likeness (QED) is 0.920. The summed E-state index contributed by atoms with van der Waals surface area (Å²) < 4.78 is 0. The van der Waals surface area contributed by atoms with Crippen LogP contribution in [0, 0.1) is 11.8 Å². The maximum atomic E-state index is 4.64. The van der Waals surface area contributed by atoms with Crippen LogP contribution in [0.15, 0.2) is 18.3 Å². The number of aromatic nitrogens is 1. The van der Waals surface area contributed by atoms with Crippen molar-refractivity contribution >= 4 is 0 Å². The number of piperidine rings is 1. The summed E-state index contributed by atoms with van der Waals surface area (Å²) in [6.07, 6.45) is 3.38. The van der Waals surface area contributed by atoms with Gasteiger partial charge in [-0.1, -0.05) is 19.9 Å². The van der Waals surface area contributed by atoms with Crippen LogP contribution in [0.3, 0.4) is 0 Å². The van der Waals surface area contributed by atoms with Crippen molar-refractivity contribution in [2.45, 2.75) is 59.7 Å². The Morgan fingerprint density at radius 1 is 1.19 bits per heavy atom. The zero-order valence-electron chi connectivity index (χ0n) is 14.3. The fraction of sp³-hybridized carbons (Fsp3) is 0.722. The summed E-state index contributed by atoms with van der Waals surface area (Å²) in [6, 6.07) is 4.39. The number of likely N-dealkylation sites (tertiary alicyclic amines) is 1. The van der Waals surface area contributed by atoms with E-state index in [2.05, 4.69) is 62.0 Å². The summed E-state index contributed by atoms with van der Waals surface area (Å²) in [5, 5.41) is 3.50. The lowest BCUT2D eigenvalue weighted by Crippen LogP contribution is -2.38. The van der Waals surface area contributed by atoms with Crippen LogP contribution in [0.5, 0.6) is 0 Å². The van der Waals surface area contributed by atoms with E-state index in [0.29, 0.717) is 0 Å². The second-order valence-electron chi connectivity index (χ2n) is 7.90. The Bertz CT molecular complexity index is 423. The van der Waals surface area contributed by atoms with E-state index in [1.807, 2.05) is 6.20 Å². The lowest BCUT2D eigenvalue weighted by molar-refractivity contribution is 0.133. The summed E-state index contributed by atoms with van der Waals surface area (Å²) in [6.45, 7) is 15.6. The van der Waals surface area contributed by atoms with E-state index in [1.54, 1.807) is 0 Å². The molecule has 1 aliphatic rings. The molecule has 118 valence electrons. The van der Waals surface area contributed by atoms with Crippen molar-refractivity contribution in [3.8, 4) is 0 Å². The number of hydrogen-bond acceptors (Lipinski definition) is 3. The Balaban J connectivity index is 1.87. The van der Waals surface area contributed by atoms with Crippen LogP contribution >= 0.6 is 0 Å². The van der Waals surface area contributed by atoms with E-state index in [4.69, 9.17) is 0 Å². The van der Waals surface area contributed by atoms with Crippen molar-refractivity contribution in [2.24, 2.45) is 11.8 Å². The van der Waals surface area contributed by atoms with Crippen molar-refractivity contribution in [3.63, 3.8) is 0 Å². The highest BCUT2D eigenvalue weighted by atomic mass is 15.1. The van der Waals surface area contributed by atoms with Gasteiger partial charge in [-0.2, -0.15) is 0 Å². The van der Waals surface area contributed by atoms with Crippen LogP contribution in [-0.2, 0) is 13.1 Å². The Hall–Kier alpha value is -0.930. The second kappa shape index (κ2) is 6.89. The molecule has 2 rings (SSSR count). The molecule has 0 saturated carbocycles. The standard InChI is InChI=1S/C18H31N3/c1-14-8-15(2)12-21(11-14)13-17-7-6-16(9-19-17)10-20-18(3,4)5/h6-7,9,14-15,20H,8,10-13H2,1-5H3. The second-order valence-corrected chi connectivity index (χ2v) is 7.90. The van der Waals surface area contributed by atoms with Gasteiger partial charge in [0.05, 0.1) is 5.69 Å². The van der Waals surface area contributed by atoms with Crippen molar-refractivity contribution in [1.82, 2.24) is 15.2 Å². The molecule has 3 nitrogen and oxygen atoms in total. The minimum atomic E-state index is 0.152. The van der Waals surface area contributed by atoms with Gasteiger partial charge in [-0.3, -0.25) is 9.88 Å². The van der Waals surface area contributed by atoms with Crippen LogP contribution in [0.4, 0.5) is 0 Å². The average Bonchev–Trinajstić information content (AvgIpc) is 2.36. The molecule has 0 bridgehead atoms. The van der Waals surface area contributed by atoms with Gasteiger partial charge in [-0.25, -0.2) is 0 Å². The third-order valence-corrected chi connectivity index (χ3v) is 4.04. The zero-order valence-corrected chi connectivity index (χ0v) is 14.3. The van der Waals surface area contributed by atoms with E-state index >= 15 is 0 Å². The summed E-state index contributed by atoms with van der Waals surface area (Å²) in [7, 11) is 0. The number of hydrogen-bond donors (Lipinski definition) is 1. The normalized spacial score (nSPS) is 24.2. The zero-order chi connectivity index (χ0) is 15.5. The minimum absolute atomic E-state index is 0.152. The molecule has 0 spiro atoms. The Morgan fingerprint density at radius 2 is 1.86 bits per heavy atom. The highest BCUT2D eigenvalue weighted by Crippen LogP contribution is 2.22. The lowest BCUT2D eigenvalue weighted by Gasteiger charge is -2.34. The van der Waals surface area contributed by atoms with Crippen molar-refractivity contribution in [3.05, 3.63) is 29.6 Å². The average molecular weight is 289 g/mol. The lowest BCUT2D eigenvalue weighted by atomic mass is 9.92. The predicted octanol–water partition coefficient (Wildman–Crippen LogP) is 3.45. The highest BCUT2D eigenvalue weighted by Gasteiger charge is 2.21. The molecule has 3 heteroatoms. The number of pyridine rings is 1. The van der Waals surface area contributed by atoms with Crippen LogP contribution in [0.2, 0.25) is 0 Å². The molecule has 0 aliphatic carbocycles. The van der Waals surface area contributed by atoms with Crippen LogP contribution in [0.1, 0.15) is 52.3 Å². The van der Waals surface area contributed by atoms with Gasteiger partial charge >= 0.3 is 0 Å². The first-order valence-electron chi connectivity index (χ1n) is 8.23. The van der Waals surface area contributed by atoms with Crippen LogP contribution in [-0.4, -0.2) is 28.5 Å². The first-order chi connectivity index (χ1) is 9.82. The maximum Gasteiger partial charge on any atom is 0.0544 e. The summed E-state index contributed by atoms with van der Waals surface area (Å²) in [4.78, 5) is 7.19. The van der Waals surface area contributed by atoms with Crippen LogP contribution in [0.25, 0.3) is 0 Å². The topological polar surface area (TPSA) is 28.2 Å². The molecule has 2 unspecified atom stereocenters. The fourth-order valence-electron chi connectivity index (χ4n) is 3.17. The molecular weight excluding hydrogens is 258 g/mol. The Labute approximate surface area is 130 Å². The van der Waals surface area contributed by atoms with Gasteiger partial charge in [0, 0.05) is 37.9 Å². The highest BCUT2D eigenvalue weighted by molar-refractivity contribution is 5.14. The molecule has 2 atom stereocenters. The maximum absolute atomic E-state index is 4.64. The van der Waals surface area contributed by atoms with Gasteiger partial charge in [0.25, 0.3) is 0 Å². The SMILES string of the molecule is CC1CC(C)CN(Cc2ccc(CNC(C)(C)C)cn2)C1. The van der Waals surface area contributed by atoms with Gasteiger partial charge < -0.3 is 5.32 Å². The van der Waals surface area contributed by atoms with Gasteiger partial charge in [0.2, 0.25) is 0 Å². The molecule has 21 heavy (non-hydrogen) atoms.